The zero-order valence-corrected chi connectivity index (χ0v) is 18.2. The molecule has 7 heteroatoms. The van der Waals surface area contributed by atoms with Gasteiger partial charge in [0.05, 0.1) is 19.8 Å². The van der Waals surface area contributed by atoms with E-state index in [1.54, 1.807) is 26.4 Å². The van der Waals surface area contributed by atoms with Crippen LogP contribution in [0.1, 0.15) is 48.0 Å². The molecule has 1 atom stereocenters. The van der Waals surface area contributed by atoms with Crippen molar-refractivity contribution >= 4 is 11.9 Å². The zero-order chi connectivity index (χ0) is 22.5. The molecule has 0 aromatic heterocycles. The maximum absolute atomic E-state index is 12.2. The Hall–Kier alpha value is -3.22. The largest absolute Gasteiger partial charge is 0.493 e. The number of fused-ring (bicyclic) bond motifs is 1. The number of rotatable bonds is 8. The number of methoxy groups -OCH3 is 2. The van der Waals surface area contributed by atoms with Crippen molar-refractivity contribution in [2.45, 2.75) is 44.8 Å². The van der Waals surface area contributed by atoms with E-state index in [0.717, 1.165) is 36.0 Å². The van der Waals surface area contributed by atoms with Crippen LogP contribution in [0.3, 0.4) is 0 Å². The third-order valence-corrected chi connectivity index (χ3v) is 7.08. The quantitative estimate of drug-likeness (QED) is 0.609. The highest BCUT2D eigenvalue weighted by Crippen LogP contribution is 2.57. The van der Waals surface area contributed by atoms with E-state index in [-0.39, 0.29) is 18.5 Å². The summed E-state index contributed by atoms with van der Waals surface area (Å²) in [4.78, 5) is 24.0. The van der Waals surface area contributed by atoms with Gasteiger partial charge in [0.2, 0.25) is 5.75 Å². The topological polar surface area (TPSA) is 91.3 Å². The van der Waals surface area contributed by atoms with Gasteiger partial charge in [-0.15, -0.1) is 0 Å². The van der Waals surface area contributed by atoms with Crippen molar-refractivity contribution < 1.29 is 33.6 Å². The molecule has 7 nitrogen and oxygen atoms in total. The van der Waals surface area contributed by atoms with Crippen LogP contribution >= 0.6 is 0 Å². The molecule has 168 valence electrons. The first-order valence-corrected chi connectivity index (χ1v) is 10.9. The van der Waals surface area contributed by atoms with Crippen molar-refractivity contribution in [2.75, 3.05) is 14.2 Å². The molecule has 2 aromatic carbocycles. The maximum atomic E-state index is 12.2. The summed E-state index contributed by atoms with van der Waals surface area (Å²) in [7, 11) is 3.11. The second-order valence-corrected chi connectivity index (χ2v) is 8.82. The molecular formula is C25H26O7. The van der Waals surface area contributed by atoms with Crippen LogP contribution in [0.4, 0.5) is 0 Å². The Morgan fingerprint density at radius 1 is 1.09 bits per heavy atom. The minimum absolute atomic E-state index is 0.198. The first kappa shape index (κ1) is 20.7. The molecule has 0 bridgehead atoms. The molecule has 2 aromatic rings. The van der Waals surface area contributed by atoms with E-state index < -0.39 is 17.5 Å². The summed E-state index contributed by atoms with van der Waals surface area (Å²) in [6, 6.07) is 9.20. The van der Waals surface area contributed by atoms with Crippen LogP contribution in [0.2, 0.25) is 0 Å². The standard InChI is InChI=1S/C25H26O7/c1-29-19-9-8-17(15-6-7-18-16(12-15)13-31-23(18)26)20(21(19)30-2)32-22(14-4-3-5-14)25(10-11-25)24(27)28/h6-9,12,14,22H,3-5,10-11,13H2,1-2H3,(H,27,28). The molecule has 5 rings (SSSR count). The molecule has 0 spiro atoms. The summed E-state index contributed by atoms with van der Waals surface area (Å²) in [5.41, 5.74) is 2.12. The number of carbonyl (C=O) groups excluding carboxylic acids is 1. The molecule has 0 radical (unpaired) electrons. The number of aliphatic carboxylic acids is 1. The summed E-state index contributed by atoms with van der Waals surface area (Å²) in [5.74, 6) is 0.496. The monoisotopic (exact) mass is 438 g/mol. The van der Waals surface area contributed by atoms with Gasteiger partial charge in [-0.2, -0.15) is 0 Å². The molecule has 2 fully saturated rings. The molecule has 1 unspecified atom stereocenters. The third-order valence-electron chi connectivity index (χ3n) is 7.08. The Bertz CT molecular complexity index is 1080. The average molecular weight is 438 g/mol. The molecule has 32 heavy (non-hydrogen) atoms. The van der Waals surface area contributed by atoms with Gasteiger partial charge in [-0.1, -0.05) is 12.5 Å². The minimum Gasteiger partial charge on any atom is -0.493 e. The maximum Gasteiger partial charge on any atom is 0.338 e. The Balaban J connectivity index is 1.62. The summed E-state index contributed by atoms with van der Waals surface area (Å²) >= 11 is 0. The normalized spacial score (nSPS) is 19.4. The number of benzene rings is 2. The number of carbonyl (C=O) groups is 2. The van der Waals surface area contributed by atoms with Crippen molar-refractivity contribution in [3.8, 4) is 28.4 Å². The molecule has 1 heterocycles. The van der Waals surface area contributed by atoms with Gasteiger partial charge in [0.15, 0.2) is 11.5 Å². The van der Waals surface area contributed by atoms with Crippen molar-refractivity contribution in [3.63, 3.8) is 0 Å². The van der Waals surface area contributed by atoms with E-state index >= 15 is 0 Å². The Morgan fingerprint density at radius 3 is 2.44 bits per heavy atom. The Kier molecular flexibility index (Phi) is 4.99. The smallest absolute Gasteiger partial charge is 0.338 e. The molecule has 2 saturated carbocycles. The minimum atomic E-state index is -0.853. The molecule has 1 aliphatic heterocycles. The van der Waals surface area contributed by atoms with Crippen LogP contribution in [0.25, 0.3) is 11.1 Å². The fourth-order valence-corrected chi connectivity index (χ4v) is 4.83. The van der Waals surface area contributed by atoms with Crippen molar-refractivity contribution in [1.82, 2.24) is 0 Å². The van der Waals surface area contributed by atoms with Crippen molar-refractivity contribution in [1.29, 1.82) is 0 Å². The second-order valence-electron chi connectivity index (χ2n) is 8.82. The summed E-state index contributed by atoms with van der Waals surface area (Å²) < 4.78 is 22.9. The van der Waals surface area contributed by atoms with E-state index in [1.807, 2.05) is 18.2 Å². The van der Waals surface area contributed by atoms with Crippen molar-refractivity contribution in [3.05, 3.63) is 41.5 Å². The van der Waals surface area contributed by atoms with Crippen LogP contribution in [0.5, 0.6) is 17.2 Å². The summed E-state index contributed by atoms with van der Waals surface area (Å²) in [6.45, 7) is 0.234. The van der Waals surface area contributed by atoms with Crippen LogP contribution in [0.15, 0.2) is 30.3 Å². The van der Waals surface area contributed by atoms with E-state index in [9.17, 15) is 14.7 Å². The highest BCUT2D eigenvalue weighted by molar-refractivity contribution is 5.94. The zero-order valence-electron chi connectivity index (χ0n) is 18.2. The van der Waals surface area contributed by atoms with Gasteiger partial charge in [0.1, 0.15) is 18.1 Å². The molecular weight excluding hydrogens is 412 g/mol. The van der Waals surface area contributed by atoms with Gasteiger partial charge >= 0.3 is 11.9 Å². The molecule has 0 saturated heterocycles. The first-order chi connectivity index (χ1) is 15.5. The lowest BCUT2D eigenvalue weighted by molar-refractivity contribution is -0.149. The van der Waals surface area contributed by atoms with Gasteiger partial charge in [-0.3, -0.25) is 4.79 Å². The molecule has 3 aliphatic rings. The predicted octanol–water partition coefficient (Wildman–Crippen LogP) is 4.45. The molecule has 0 amide bonds. The van der Waals surface area contributed by atoms with Gasteiger partial charge in [0.25, 0.3) is 0 Å². The van der Waals surface area contributed by atoms with E-state index in [4.69, 9.17) is 18.9 Å². The van der Waals surface area contributed by atoms with Crippen LogP contribution < -0.4 is 14.2 Å². The first-order valence-electron chi connectivity index (χ1n) is 10.9. The highest BCUT2D eigenvalue weighted by atomic mass is 16.5. The molecule has 2 aliphatic carbocycles. The van der Waals surface area contributed by atoms with Gasteiger partial charge in [-0.25, -0.2) is 4.79 Å². The van der Waals surface area contributed by atoms with Gasteiger partial charge in [0, 0.05) is 11.1 Å². The van der Waals surface area contributed by atoms with Gasteiger partial charge < -0.3 is 24.1 Å². The molecule has 1 N–H and O–H groups in total. The summed E-state index contributed by atoms with van der Waals surface area (Å²) in [6.07, 6.45) is 3.79. The number of carboxylic acid groups (broad SMARTS) is 1. The summed E-state index contributed by atoms with van der Waals surface area (Å²) in [5, 5.41) is 9.98. The Morgan fingerprint density at radius 2 is 1.84 bits per heavy atom. The number of ether oxygens (including phenoxy) is 4. The lowest BCUT2D eigenvalue weighted by atomic mass is 9.75. The number of esters is 1. The number of carboxylic acids is 1. The predicted molar refractivity (Wildman–Crippen MR) is 115 cm³/mol. The number of hydrogen-bond donors (Lipinski definition) is 1. The fourth-order valence-electron chi connectivity index (χ4n) is 4.83. The number of hydrogen-bond acceptors (Lipinski definition) is 6. The van der Waals surface area contributed by atoms with E-state index in [2.05, 4.69) is 0 Å². The lowest BCUT2D eigenvalue weighted by Crippen LogP contribution is -2.43. The lowest BCUT2D eigenvalue weighted by Gasteiger charge is -2.38. The number of cyclic esters (lactones) is 1. The third kappa shape index (κ3) is 3.18. The van der Waals surface area contributed by atoms with Crippen molar-refractivity contribution in [2.24, 2.45) is 11.3 Å². The fraction of sp³-hybridized carbons (Fsp3) is 0.440. The highest BCUT2D eigenvalue weighted by Gasteiger charge is 2.60. The second kappa shape index (κ2) is 7.73. The van der Waals surface area contributed by atoms with Crippen LogP contribution in [0, 0.1) is 11.3 Å². The van der Waals surface area contributed by atoms with Crippen LogP contribution in [-0.4, -0.2) is 37.4 Å². The van der Waals surface area contributed by atoms with E-state index in [0.29, 0.717) is 35.7 Å². The SMILES string of the molecule is COc1ccc(-c2ccc3c(c2)COC3=O)c(OC(C2CCC2)C2(C(=O)O)CC2)c1OC. The van der Waals surface area contributed by atoms with Crippen LogP contribution in [-0.2, 0) is 16.1 Å². The Labute approximate surface area is 186 Å². The van der Waals surface area contributed by atoms with Gasteiger partial charge in [-0.05, 0) is 61.4 Å². The van der Waals surface area contributed by atoms with E-state index in [1.165, 1.54) is 0 Å². The average Bonchev–Trinajstić information content (AvgIpc) is 3.50.